The van der Waals surface area contributed by atoms with E-state index in [0.717, 1.165) is 11.1 Å². The zero-order valence-corrected chi connectivity index (χ0v) is 15.3. The quantitative estimate of drug-likeness (QED) is 0.735. The van der Waals surface area contributed by atoms with E-state index in [9.17, 15) is 10.2 Å². The van der Waals surface area contributed by atoms with Crippen molar-refractivity contribution in [2.45, 2.75) is 43.9 Å². The maximum absolute atomic E-state index is 10.2. The molecule has 0 unspecified atom stereocenters. The average Bonchev–Trinajstić information content (AvgIpc) is 2.71. The Labute approximate surface area is 159 Å². The van der Waals surface area contributed by atoms with Gasteiger partial charge in [-0.2, -0.15) is 0 Å². The van der Waals surface area contributed by atoms with Crippen LogP contribution >= 0.6 is 0 Å². The Morgan fingerprint density at radius 3 is 2.04 bits per heavy atom. The lowest BCUT2D eigenvalue weighted by atomic mass is 9.98. The van der Waals surface area contributed by atoms with Gasteiger partial charge in [0.15, 0.2) is 6.29 Å². The van der Waals surface area contributed by atoms with E-state index < -0.39 is 30.7 Å². The van der Waals surface area contributed by atoms with Crippen molar-refractivity contribution in [3.63, 3.8) is 0 Å². The first-order valence-electron chi connectivity index (χ1n) is 9.00. The first-order chi connectivity index (χ1) is 13.2. The fourth-order valence-corrected chi connectivity index (χ4v) is 3.15. The van der Waals surface area contributed by atoms with Crippen LogP contribution in [0, 0.1) is 0 Å². The smallest absolute Gasteiger partial charge is 0.184 e. The molecule has 5 atom stereocenters. The highest BCUT2D eigenvalue weighted by Crippen LogP contribution is 2.26. The van der Waals surface area contributed by atoms with E-state index in [2.05, 4.69) is 0 Å². The maximum Gasteiger partial charge on any atom is 0.184 e. The molecular weight excluding hydrogens is 348 g/mol. The van der Waals surface area contributed by atoms with E-state index >= 15 is 0 Å². The fourth-order valence-electron chi connectivity index (χ4n) is 3.15. The van der Waals surface area contributed by atoms with Crippen LogP contribution in [0.25, 0.3) is 0 Å². The third kappa shape index (κ3) is 5.35. The van der Waals surface area contributed by atoms with Gasteiger partial charge in [-0.3, -0.25) is 0 Å². The molecule has 2 N–H and O–H groups in total. The van der Waals surface area contributed by atoms with Gasteiger partial charge in [-0.25, -0.2) is 0 Å². The number of ether oxygens (including phenoxy) is 4. The molecule has 2 aromatic rings. The highest BCUT2D eigenvalue weighted by Gasteiger charge is 2.45. The lowest BCUT2D eigenvalue weighted by molar-refractivity contribution is -0.302. The molecule has 1 aliphatic rings. The van der Waals surface area contributed by atoms with Crippen LogP contribution in [-0.4, -0.2) is 54.6 Å². The van der Waals surface area contributed by atoms with Gasteiger partial charge in [0.05, 0.1) is 19.8 Å². The van der Waals surface area contributed by atoms with Crippen LogP contribution in [0.15, 0.2) is 60.7 Å². The van der Waals surface area contributed by atoms with Crippen LogP contribution in [0.4, 0.5) is 0 Å². The van der Waals surface area contributed by atoms with Crippen LogP contribution in [0.1, 0.15) is 11.1 Å². The van der Waals surface area contributed by atoms with E-state index in [4.69, 9.17) is 18.9 Å². The Hall–Kier alpha value is -1.80. The van der Waals surface area contributed by atoms with Crippen molar-refractivity contribution in [3.05, 3.63) is 71.8 Å². The molecule has 0 saturated carbocycles. The number of aliphatic hydroxyl groups is 2. The third-order valence-corrected chi connectivity index (χ3v) is 4.58. The highest BCUT2D eigenvalue weighted by molar-refractivity contribution is 5.14. The van der Waals surface area contributed by atoms with Gasteiger partial charge in [-0.05, 0) is 11.1 Å². The number of hydrogen-bond donors (Lipinski definition) is 2. The van der Waals surface area contributed by atoms with Gasteiger partial charge in [0.1, 0.15) is 24.4 Å². The molecule has 6 nitrogen and oxygen atoms in total. The van der Waals surface area contributed by atoms with Crippen LogP contribution in [0.3, 0.4) is 0 Å². The van der Waals surface area contributed by atoms with Crippen LogP contribution in [0.2, 0.25) is 0 Å². The van der Waals surface area contributed by atoms with Crippen LogP contribution in [-0.2, 0) is 32.2 Å². The van der Waals surface area contributed by atoms with Crippen molar-refractivity contribution in [1.82, 2.24) is 0 Å². The van der Waals surface area contributed by atoms with E-state index in [1.807, 2.05) is 60.7 Å². The largest absolute Gasteiger partial charge is 0.385 e. The summed E-state index contributed by atoms with van der Waals surface area (Å²) in [6.07, 6.45) is -4.41. The van der Waals surface area contributed by atoms with Crippen LogP contribution in [0.5, 0.6) is 0 Å². The molecule has 2 aromatic carbocycles. The van der Waals surface area contributed by atoms with E-state index in [1.54, 1.807) is 0 Å². The molecule has 1 aliphatic heterocycles. The topological polar surface area (TPSA) is 77.4 Å². The number of rotatable bonds is 8. The minimum absolute atomic E-state index is 0.206. The predicted octanol–water partition coefficient (Wildman–Crippen LogP) is 1.88. The van der Waals surface area contributed by atoms with Crippen molar-refractivity contribution in [1.29, 1.82) is 0 Å². The molecule has 0 bridgehead atoms. The second-order valence-corrected chi connectivity index (χ2v) is 6.52. The first kappa shape index (κ1) is 19.9. The second-order valence-electron chi connectivity index (χ2n) is 6.52. The lowest BCUT2D eigenvalue weighted by Gasteiger charge is -2.42. The van der Waals surface area contributed by atoms with Gasteiger partial charge < -0.3 is 29.2 Å². The summed E-state index contributed by atoms with van der Waals surface area (Å²) in [7, 11) is 1.48. The van der Waals surface area contributed by atoms with Crippen molar-refractivity contribution < 1.29 is 29.2 Å². The minimum atomic E-state index is -1.35. The molecule has 1 saturated heterocycles. The van der Waals surface area contributed by atoms with Gasteiger partial charge in [0.25, 0.3) is 0 Å². The van der Waals surface area contributed by atoms with Gasteiger partial charge in [-0.15, -0.1) is 0 Å². The normalized spacial score (nSPS) is 28.2. The molecule has 1 fully saturated rings. The number of hydrogen-bond acceptors (Lipinski definition) is 6. The standard InChI is InChI=1S/C21H26O6/c1-24-20-18(22)21(23)27-17(14-25-12-15-8-4-2-5-9-15)19(20)26-13-16-10-6-3-7-11-16/h2-11,17-23H,12-14H2,1H3/t17-,18+,19+,20-,21-/m1/s1. The molecule has 0 aliphatic carbocycles. The molecule has 1 heterocycles. The Balaban J connectivity index is 1.63. The van der Waals surface area contributed by atoms with Gasteiger partial charge in [0, 0.05) is 7.11 Å². The summed E-state index contributed by atoms with van der Waals surface area (Å²) in [6, 6.07) is 19.5. The van der Waals surface area contributed by atoms with Crippen molar-refractivity contribution in [2.75, 3.05) is 13.7 Å². The Kier molecular flexibility index (Phi) is 7.34. The fraction of sp³-hybridized carbons (Fsp3) is 0.429. The summed E-state index contributed by atoms with van der Waals surface area (Å²) in [6.45, 7) is 0.965. The molecule has 146 valence electrons. The SMILES string of the molecule is CO[C@@H]1[C@H](O)[C@H](O)O[C@H](COCc2ccccc2)[C@@H]1OCc1ccccc1. The predicted molar refractivity (Wildman–Crippen MR) is 98.8 cm³/mol. The molecule has 0 amide bonds. The summed E-state index contributed by atoms with van der Waals surface area (Å²) < 4.78 is 22.7. The molecule has 3 rings (SSSR count). The lowest BCUT2D eigenvalue weighted by Crippen LogP contribution is -2.60. The second kappa shape index (κ2) is 9.94. The van der Waals surface area contributed by atoms with Crippen molar-refractivity contribution in [3.8, 4) is 0 Å². The highest BCUT2D eigenvalue weighted by atomic mass is 16.7. The van der Waals surface area contributed by atoms with Crippen molar-refractivity contribution >= 4 is 0 Å². The summed E-state index contributed by atoms with van der Waals surface area (Å²) in [5.41, 5.74) is 2.04. The molecular formula is C21H26O6. The third-order valence-electron chi connectivity index (χ3n) is 4.58. The van der Waals surface area contributed by atoms with E-state index in [-0.39, 0.29) is 6.61 Å². The number of benzene rings is 2. The Morgan fingerprint density at radius 1 is 0.852 bits per heavy atom. The minimum Gasteiger partial charge on any atom is -0.385 e. The molecule has 0 radical (unpaired) electrons. The van der Waals surface area contributed by atoms with Crippen molar-refractivity contribution in [2.24, 2.45) is 0 Å². The monoisotopic (exact) mass is 374 g/mol. The summed E-state index contributed by atoms with van der Waals surface area (Å²) in [5, 5.41) is 20.2. The molecule has 0 aromatic heterocycles. The number of methoxy groups -OCH3 is 1. The first-order valence-corrected chi connectivity index (χ1v) is 9.00. The van der Waals surface area contributed by atoms with E-state index in [0.29, 0.717) is 13.2 Å². The zero-order valence-electron chi connectivity index (χ0n) is 15.3. The number of aliphatic hydroxyl groups excluding tert-OH is 2. The van der Waals surface area contributed by atoms with Gasteiger partial charge in [0.2, 0.25) is 0 Å². The van der Waals surface area contributed by atoms with Gasteiger partial charge >= 0.3 is 0 Å². The Morgan fingerprint density at radius 2 is 1.44 bits per heavy atom. The summed E-state index contributed by atoms with van der Waals surface area (Å²) >= 11 is 0. The maximum atomic E-state index is 10.2. The van der Waals surface area contributed by atoms with E-state index in [1.165, 1.54) is 7.11 Å². The summed E-state index contributed by atoms with van der Waals surface area (Å²) in [4.78, 5) is 0. The van der Waals surface area contributed by atoms with Gasteiger partial charge in [-0.1, -0.05) is 60.7 Å². The zero-order chi connectivity index (χ0) is 19.1. The molecule has 0 spiro atoms. The molecule has 6 heteroatoms. The van der Waals surface area contributed by atoms with Crippen LogP contribution < -0.4 is 0 Å². The average molecular weight is 374 g/mol. The molecule has 27 heavy (non-hydrogen) atoms. The Bertz CT molecular complexity index is 665. The summed E-state index contributed by atoms with van der Waals surface area (Å²) in [5.74, 6) is 0.